The molecule has 8 heteroatoms. The number of carbonyl (C=O) groups excluding carboxylic acids is 1. The van der Waals surface area contributed by atoms with Crippen LogP contribution in [0, 0.1) is 5.92 Å². The van der Waals surface area contributed by atoms with Crippen molar-refractivity contribution in [1.82, 2.24) is 10.6 Å². The van der Waals surface area contributed by atoms with Crippen LogP contribution in [0.15, 0.2) is 0 Å². The minimum Gasteiger partial charge on any atom is -0.481 e. The number of thioether (sulfide) groups is 1. The van der Waals surface area contributed by atoms with Gasteiger partial charge in [0.05, 0.1) is 6.42 Å². The molecule has 0 aliphatic rings. The van der Waals surface area contributed by atoms with E-state index in [1.165, 1.54) is 0 Å². The average molecular weight is 278 g/mol. The molecule has 0 aliphatic carbocycles. The Kier molecular flexibility index (Phi) is 7.93. The van der Waals surface area contributed by atoms with Crippen LogP contribution in [0.25, 0.3) is 0 Å². The predicted octanol–water partition coefficient (Wildman–Crippen LogP) is 0.213. The highest BCUT2D eigenvalue weighted by Gasteiger charge is 2.22. The maximum absolute atomic E-state index is 11.4. The lowest BCUT2D eigenvalue weighted by molar-refractivity contribution is -0.145. The van der Waals surface area contributed by atoms with E-state index < -0.39 is 30.4 Å². The van der Waals surface area contributed by atoms with Gasteiger partial charge in [0.15, 0.2) is 0 Å². The minimum atomic E-state index is -1.42. The number of aliphatic carboxylic acids is 2. The molecule has 0 spiro atoms. The van der Waals surface area contributed by atoms with E-state index in [-0.39, 0.29) is 5.92 Å². The number of hydrogen-bond donors (Lipinski definition) is 4. The van der Waals surface area contributed by atoms with E-state index in [0.29, 0.717) is 6.54 Å². The van der Waals surface area contributed by atoms with Gasteiger partial charge in [-0.2, -0.15) is 11.8 Å². The third-order valence-corrected chi connectivity index (χ3v) is 2.95. The van der Waals surface area contributed by atoms with Crippen LogP contribution < -0.4 is 10.6 Å². The lowest BCUT2D eigenvalue weighted by atomic mass is 10.2. The van der Waals surface area contributed by atoms with Gasteiger partial charge in [-0.3, -0.25) is 4.79 Å². The summed E-state index contributed by atoms with van der Waals surface area (Å²) in [6.07, 6.45) is 1.30. The zero-order chi connectivity index (χ0) is 14.1. The Morgan fingerprint density at radius 1 is 1.28 bits per heavy atom. The molecular formula is C10H18N2O5S. The van der Waals surface area contributed by atoms with E-state index >= 15 is 0 Å². The van der Waals surface area contributed by atoms with Gasteiger partial charge in [-0.1, -0.05) is 6.92 Å². The normalized spacial score (nSPS) is 13.4. The monoisotopic (exact) mass is 278 g/mol. The van der Waals surface area contributed by atoms with Gasteiger partial charge in [0.25, 0.3) is 0 Å². The lowest BCUT2D eigenvalue weighted by Crippen LogP contribution is -2.47. The van der Waals surface area contributed by atoms with Crippen LogP contribution in [0.2, 0.25) is 0 Å². The first-order valence-corrected chi connectivity index (χ1v) is 6.74. The van der Waals surface area contributed by atoms with Crippen molar-refractivity contribution in [2.45, 2.75) is 19.4 Å². The fourth-order valence-corrected chi connectivity index (χ4v) is 1.88. The number of amides is 2. The Hall–Kier alpha value is -1.44. The summed E-state index contributed by atoms with van der Waals surface area (Å²) in [5.41, 5.74) is 0. The number of carboxylic acids is 2. The SMILES string of the molecule is CSCC(C)CNC(=O)N[C@H](CC(=O)O)C(=O)O. The predicted molar refractivity (Wildman–Crippen MR) is 67.8 cm³/mol. The van der Waals surface area contributed by atoms with Gasteiger partial charge < -0.3 is 20.8 Å². The smallest absolute Gasteiger partial charge is 0.326 e. The maximum Gasteiger partial charge on any atom is 0.326 e. The molecule has 0 heterocycles. The molecule has 0 radical (unpaired) electrons. The zero-order valence-corrected chi connectivity index (χ0v) is 11.1. The van der Waals surface area contributed by atoms with E-state index in [1.54, 1.807) is 11.8 Å². The molecule has 0 aromatic heterocycles. The third-order valence-electron chi connectivity index (χ3n) is 2.04. The molecule has 7 nitrogen and oxygen atoms in total. The molecule has 0 bridgehead atoms. The molecule has 0 saturated carbocycles. The summed E-state index contributed by atoms with van der Waals surface area (Å²) in [6.45, 7) is 2.36. The summed E-state index contributed by atoms with van der Waals surface area (Å²) in [5, 5.41) is 21.8. The summed E-state index contributed by atoms with van der Waals surface area (Å²) in [4.78, 5) is 32.5. The third kappa shape index (κ3) is 7.77. The van der Waals surface area contributed by atoms with E-state index in [9.17, 15) is 14.4 Å². The van der Waals surface area contributed by atoms with Gasteiger partial charge in [-0.15, -0.1) is 0 Å². The van der Waals surface area contributed by atoms with Crippen LogP contribution in [0.4, 0.5) is 4.79 Å². The van der Waals surface area contributed by atoms with Gasteiger partial charge in [-0.05, 0) is 17.9 Å². The molecule has 1 unspecified atom stereocenters. The van der Waals surface area contributed by atoms with Crippen LogP contribution in [0.1, 0.15) is 13.3 Å². The Balaban J connectivity index is 4.10. The number of nitrogens with one attached hydrogen (secondary N) is 2. The quantitative estimate of drug-likeness (QED) is 0.504. The molecule has 4 N–H and O–H groups in total. The molecular weight excluding hydrogens is 260 g/mol. The first-order chi connectivity index (χ1) is 8.36. The summed E-state index contributed by atoms with van der Waals surface area (Å²) in [6, 6.07) is -2.09. The van der Waals surface area contributed by atoms with E-state index in [2.05, 4.69) is 10.6 Å². The topological polar surface area (TPSA) is 116 Å². The van der Waals surface area contributed by atoms with Gasteiger partial charge in [0.1, 0.15) is 6.04 Å². The van der Waals surface area contributed by atoms with Crippen LogP contribution >= 0.6 is 11.8 Å². The Morgan fingerprint density at radius 2 is 1.89 bits per heavy atom. The second kappa shape index (κ2) is 8.62. The summed E-state index contributed by atoms with van der Waals surface area (Å²) < 4.78 is 0. The molecule has 0 aliphatic heterocycles. The van der Waals surface area contributed by atoms with Gasteiger partial charge in [-0.25, -0.2) is 9.59 Å². The molecule has 0 aromatic carbocycles. The Labute approximate surface area is 109 Å². The van der Waals surface area contributed by atoms with Crippen LogP contribution in [-0.2, 0) is 9.59 Å². The minimum absolute atomic E-state index is 0.258. The molecule has 0 rings (SSSR count). The van der Waals surface area contributed by atoms with Gasteiger partial charge in [0, 0.05) is 6.54 Å². The van der Waals surface area contributed by atoms with Crippen molar-refractivity contribution >= 4 is 29.7 Å². The highest BCUT2D eigenvalue weighted by Crippen LogP contribution is 2.02. The fourth-order valence-electron chi connectivity index (χ4n) is 1.19. The van der Waals surface area contributed by atoms with E-state index in [4.69, 9.17) is 10.2 Å². The molecule has 0 saturated heterocycles. The van der Waals surface area contributed by atoms with Crippen molar-refractivity contribution in [2.24, 2.45) is 5.92 Å². The van der Waals surface area contributed by atoms with E-state index in [0.717, 1.165) is 5.75 Å². The standard InChI is InChI=1S/C10H18N2O5S/c1-6(5-18-2)4-11-10(17)12-7(9(15)16)3-8(13)14/h6-7H,3-5H2,1-2H3,(H,13,14)(H,15,16)(H2,11,12,17)/t6?,7-/m1/s1. The largest absolute Gasteiger partial charge is 0.481 e. The maximum atomic E-state index is 11.4. The first-order valence-electron chi connectivity index (χ1n) is 5.34. The van der Waals surface area contributed by atoms with Crippen molar-refractivity contribution in [3.05, 3.63) is 0 Å². The Morgan fingerprint density at radius 3 is 2.33 bits per heavy atom. The molecule has 0 fully saturated rings. The van der Waals surface area contributed by atoms with Crippen LogP contribution in [0.5, 0.6) is 0 Å². The first kappa shape index (κ1) is 16.6. The Bertz CT molecular complexity index is 311. The van der Waals surface area contributed by atoms with Crippen LogP contribution in [-0.4, -0.2) is 52.8 Å². The lowest BCUT2D eigenvalue weighted by Gasteiger charge is -2.15. The summed E-state index contributed by atoms with van der Waals surface area (Å²) in [7, 11) is 0. The second-order valence-corrected chi connectivity index (χ2v) is 4.81. The molecule has 18 heavy (non-hydrogen) atoms. The summed E-state index contributed by atoms with van der Waals surface area (Å²) >= 11 is 1.65. The number of rotatable bonds is 8. The van der Waals surface area contributed by atoms with E-state index in [1.807, 2.05) is 13.2 Å². The van der Waals surface area contributed by atoms with Crippen molar-refractivity contribution in [1.29, 1.82) is 0 Å². The number of hydrogen-bond acceptors (Lipinski definition) is 4. The molecule has 2 atom stereocenters. The van der Waals surface area contributed by atoms with Crippen molar-refractivity contribution in [3.8, 4) is 0 Å². The van der Waals surface area contributed by atoms with Crippen LogP contribution in [0.3, 0.4) is 0 Å². The summed E-state index contributed by atoms with van der Waals surface area (Å²) in [5.74, 6) is -1.52. The number of urea groups is 1. The van der Waals surface area contributed by atoms with Crippen molar-refractivity contribution in [2.75, 3.05) is 18.6 Å². The van der Waals surface area contributed by atoms with Gasteiger partial charge in [0.2, 0.25) is 0 Å². The molecule has 2 amide bonds. The van der Waals surface area contributed by atoms with Crippen molar-refractivity contribution < 1.29 is 24.6 Å². The number of carboxylic acid groups (broad SMARTS) is 2. The molecule has 0 aromatic rings. The molecule has 104 valence electrons. The highest BCUT2D eigenvalue weighted by molar-refractivity contribution is 7.98. The zero-order valence-electron chi connectivity index (χ0n) is 10.3. The van der Waals surface area contributed by atoms with Crippen molar-refractivity contribution in [3.63, 3.8) is 0 Å². The highest BCUT2D eigenvalue weighted by atomic mass is 32.2. The van der Waals surface area contributed by atoms with Gasteiger partial charge >= 0.3 is 18.0 Å². The second-order valence-electron chi connectivity index (χ2n) is 3.90. The fraction of sp³-hybridized carbons (Fsp3) is 0.700. The average Bonchev–Trinajstić information content (AvgIpc) is 2.25. The number of carbonyl (C=O) groups is 3.